The van der Waals surface area contributed by atoms with Crippen molar-refractivity contribution in [3.05, 3.63) is 29.4 Å². The van der Waals surface area contributed by atoms with E-state index in [1.165, 1.54) is 31.9 Å². The van der Waals surface area contributed by atoms with Crippen LogP contribution in [0.15, 0.2) is 22.8 Å². The van der Waals surface area contributed by atoms with E-state index in [0.29, 0.717) is 28.5 Å². The number of esters is 2. The average Bonchev–Trinajstić information content (AvgIpc) is 3.50. The Kier molecular flexibility index (Phi) is 7.44. The van der Waals surface area contributed by atoms with Crippen LogP contribution in [0.3, 0.4) is 0 Å². The summed E-state index contributed by atoms with van der Waals surface area (Å²) >= 11 is 7.94. The van der Waals surface area contributed by atoms with Crippen molar-refractivity contribution in [3.63, 3.8) is 0 Å². The van der Waals surface area contributed by atoms with Crippen molar-refractivity contribution in [2.24, 2.45) is 0 Å². The van der Waals surface area contributed by atoms with Crippen LogP contribution in [0.4, 0.5) is 0 Å². The number of fused-ring (bicyclic) bond motifs is 1. The molecule has 3 aromatic rings. The van der Waals surface area contributed by atoms with E-state index < -0.39 is 29.5 Å². The zero-order valence-corrected chi connectivity index (χ0v) is 20.5. The molecule has 11 heteroatoms. The second-order valence-corrected chi connectivity index (χ2v) is 9.15. The molecule has 1 saturated heterocycles. The monoisotopic (exact) mass is 502 g/mol. The number of aromatic nitrogens is 4. The van der Waals surface area contributed by atoms with Gasteiger partial charge in [0.25, 0.3) is 0 Å². The summed E-state index contributed by atoms with van der Waals surface area (Å²) in [6.45, 7) is 4.73. The molecule has 4 rings (SSSR count). The molecule has 0 amide bonds. The van der Waals surface area contributed by atoms with Gasteiger partial charge in [0.15, 0.2) is 34.6 Å². The minimum absolute atomic E-state index is 0.153. The Bertz CT molecular complexity index is 1260. The van der Waals surface area contributed by atoms with Crippen LogP contribution in [0, 0.1) is 11.8 Å². The summed E-state index contributed by atoms with van der Waals surface area (Å²) in [6.07, 6.45) is 2.86. The highest BCUT2D eigenvalue weighted by Gasteiger charge is 2.45. The highest BCUT2D eigenvalue weighted by molar-refractivity contribution is 7.99. The van der Waals surface area contributed by atoms with Crippen LogP contribution < -0.4 is 0 Å². The molecular formula is C23H23ClN4O5S. The minimum atomic E-state index is -0.773. The van der Waals surface area contributed by atoms with Crippen molar-refractivity contribution in [2.45, 2.75) is 57.6 Å². The first-order chi connectivity index (χ1) is 16.4. The van der Waals surface area contributed by atoms with Crippen LogP contribution in [0.1, 0.15) is 51.2 Å². The van der Waals surface area contributed by atoms with Crippen molar-refractivity contribution in [3.8, 4) is 23.4 Å². The molecule has 0 bridgehead atoms. The summed E-state index contributed by atoms with van der Waals surface area (Å²) < 4.78 is 18.5. The summed E-state index contributed by atoms with van der Waals surface area (Å²) in [5.74, 6) is 6.68. The fraction of sp³-hybridized carbons (Fsp3) is 0.435. The molecule has 34 heavy (non-hydrogen) atoms. The van der Waals surface area contributed by atoms with Crippen LogP contribution >= 0.6 is 23.4 Å². The van der Waals surface area contributed by atoms with Gasteiger partial charge in [0.1, 0.15) is 10.9 Å². The molecule has 0 saturated carbocycles. The van der Waals surface area contributed by atoms with Gasteiger partial charge in [0.05, 0.1) is 6.26 Å². The Morgan fingerprint density at radius 2 is 2.06 bits per heavy atom. The smallest absolute Gasteiger partial charge is 0.303 e. The molecule has 0 spiro atoms. The molecule has 3 atom stereocenters. The lowest BCUT2D eigenvalue weighted by Gasteiger charge is -2.25. The van der Waals surface area contributed by atoms with E-state index in [0.717, 1.165) is 19.3 Å². The topological polar surface area (TPSA) is 109 Å². The number of halogens is 1. The molecule has 1 aliphatic heterocycles. The zero-order chi connectivity index (χ0) is 24.2. The maximum atomic E-state index is 11.9. The Morgan fingerprint density at radius 1 is 1.26 bits per heavy atom. The number of nitrogens with zero attached hydrogens (tertiary/aromatic N) is 4. The molecule has 0 aromatic carbocycles. The molecule has 4 heterocycles. The quantitative estimate of drug-likeness (QED) is 0.210. The molecule has 3 aromatic heterocycles. The normalized spacial score (nSPS) is 19.6. The fourth-order valence-electron chi connectivity index (χ4n) is 3.65. The maximum Gasteiger partial charge on any atom is 0.303 e. The minimum Gasteiger partial charge on any atom is -0.461 e. The lowest BCUT2D eigenvalue weighted by atomic mass is 10.2. The second-order valence-electron chi connectivity index (χ2n) is 7.64. The third-order valence-electron chi connectivity index (χ3n) is 5.05. The first kappa shape index (κ1) is 24.1. The SMILES string of the molecule is CCCCC#Cc1nc(Cl)c2nc(-c3ccco3)n([C@@H]3SC[C@@H](OC(C)=O)[C@H]3OC(C)=O)c2n1. The molecule has 0 N–H and O–H groups in total. The van der Waals surface area contributed by atoms with Gasteiger partial charge in [-0.3, -0.25) is 14.2 Å². The van der Waals surface area contributed by atoms with Crippen LogP contribution in [-0.2, 0) is 19.1 Å². The van der Waals surface area contributed by atoms with E-state index in [1.54, 1.807) is 16.7 Å². The Labute approximate surface area is 205 Å². The number of hydrogen-bond acceptors (Lipinski definition) is 9. The largest absolute Gasteiger partial charge is 0.461 e. The predicted molar refractivity (Wildman–Crippen MR) is 127 cm³/mol. The van der Waals surface area contributed by atoms with E-state index in [4.69, 9.17) is 25.5 Å². The van der Waals surface area contributed by atoms with Gasteiger partial charge < -0.3 is 13.9 Å². The van der Waals surface area contributed by atoms with Crippen LogP contribution in [0.25, 0.3) is 22.7 Å². The first-order valence-corrected chi connectivity index (χ1v) is 12.3. The molecule has 178 valence electrons. The van der Waals surface area contributed by atoms with E-state index in [-0.39, 0.29) is 11.0 Å². The highest BCUT2D eigenvalue weighted by Crippen LogP contribution is 2.44. The molecule has 1 fully saturated rings. The van der Waals surface area contributed by atoms with Gasteiger partial charge >= 0.3 is 11.9 Å². The van der Waals surface area contributed by atoms with Gasteiger partial charge in [-0.15, -0.1) is 11.8 Å². The second kappa shape index (κ2) is 10.5. The first-order valence-electron chi connectivity index (χ1n) is 10.8. The zero-order valence-electron chi connectivity index (χ0n) is 18.9. The number of rotatable bonds is 6. The van der Waals surface area contributed by atoms with Gasteiger partial charge in [-0.2, -0.15) is 0 Å². The summed E-state index contributed by atoms with van der Waals surface area (Å²) in [5, 5.41) is -0.356. The Balaban J connectivity index is 1.87. The molecule has 0 unspecified atom stereocenters. The summed E-state index contributed by atoms with van der Waals surface area (Å²) in [7, 11) is 0. The Hall–Kier alpha value is -3.03. The maximum absolute atomic E-state index is 11.9. The summed E-state index contributed by atoms with van der Waals surface area (Å²) in [4.78, 5) is 37.2. The lowest BCUT2D eigenvalue weighted by molar-refractivity contribution is -0.163. The molecule has 0 aliphatic carbocycles. The third-order valence-corrected chi connectivity index (χ3v) is 6.65. The van der Waals surface area contributed by atoms with E-state index >= 15 is 0 Å². The van der Waals surface area contributed by atoms with Gasteiger partial charge in [-0.05, 0) is 24.5 Å². The number of thioether (sulfide) groups is 1. The van der Waals surface area contributed by atoms with Crippen molar-refractivity contribution < 1.29 is 23.5 Å². The fourth-order valence-corrected chi connectivity index (χ4v) is 5.27. The number of hydrogen-bond donors (Lipinski definition) is 0. The van der Waals surface area contributed by atoms with Crippen molar-refractivity contribution >= 4 is 46.5 Å². The molecular weight excluding hydrogens is 480 g/mol. The van der Waals surface area contributed by atoms with E-state index in [2.05, 4.69) is 33.7 Å². The van der Waals surface area contributed by atoms with Gasteiger partial charge in [-0.25, -0.2) is 15.0 Å². The van der Waals surface area contributed by atoms with E-state index in [1.807, 2.05) is 0 Å². The number of carbonyl (C=O) groups excluding carboxylic acids is 2. The van der Waals surface area contributed by atoms with Gasteiger partial charge in [-0.1, -0.05) is 30.9 Å². The predicted octanol–water partition coefficient (Wildman–Crippen LogP) is 4.39. The average molecular weight is 503 g/mol. The number of carbonyl (C=O) groups is 2. The summed E-state index contributed by atoms with van der Waals surface area (Å²) in [5.41, 5.74) is 0.787. The van der Waals surface area contributed by atoms with E-state index in [9.17, 15) is 9.59 Å². The molecule has 0 radical (unpaired) electrons. The Morgan fingerprint density at radius 3 is 2.74 bits per heavy atom. The van der Waals surface area contributed by atoms with Crippen LogP contribution in [0.5, 0.6) is 0 Å². The van der Waals surface area contributed by atoms with Crippen molar-refractivity contribution in [1.82, 2.24) is 19.5 Å². The lowest BCUT2D eigenvalue weighted by Crippen LogP contribution is -2.36. The van der Waals surface area contributed by atoms with Crippen LogP contribution in [-0.4, -0.2) is 49.4 Å². The van der Waals surface area contributed by atoms with Gasteiger partial charge in [0.2, 0.25) is 5.82 Å². The summed E-state index contributed by atoms with van der Waals surface area (Å²) in [6, 6.07) is 3.50. The standard InChI is InChI=1S/C23H23ClN4O5S/c1-4-5-6-7-10-17-25-20(24)18-22(26-17)28(21(27-18)15-9-8-11-31-15)23-19(33-14(3)30)16(12-34-23)32-13(2)29/h8-9,11,16,19,23H,4-6,12H2,1-3H3/t16-,19-,23-/m1/s1. The molecule has 1 aliphatic rings. The number of furan rings is 1. The third kappa shape index (κ3) is 5.05. The van der Waals surface area contributed by atoms with Crippen molar-refractivity contribution in [1.29, 1.82) is 0 Å². The van der Waals surface area contributed by atoms with Gasteiger partial charge in [0, 0.05) is 26.0 Å². The highest BCUT2D eigenvalue weighted by atomic mass is 35.5. The number of unbranched alkanes of at least 4 members (excludes halogenated alkanes) is 2. The number of ether oxygens (including phenoxy) is 2. The van der Waals surface area contributed by atoms with Crippen LogP contribution in [0.2, 0.25) is 5.15 Å². The number of imidazole rings is 1. The molecule has 9 nitrogen and oxygen atoms in total. The van der Waals surface area contributed by atoms with Crippen molar-refractivity contribution in [2.75, 3.05) is 5.75 Å².